The van der Waals surface area contributed by atoms with Gasteiger partial charge in [0.25, 0.3) is 0 Å². The molecule has 0 spiro atoms. The first-order chi connectivity index (χ1) is 11.6. The largest absolute Gasteiger partial charge is 0.394 e. The van der Waals surface area contributed by atoms with Crippen LogP contribution in [0.2, 0.25) is 0 Å². The summed E-state index contributed by atoms with van der Waals surface area (Å²) >= 11 is 0. The van der Waals surface area contributed by atoms with Crippen molar-refractivity contribution in [1.29, 1.82) is 0 Å². The Hall–Kier alpha value is -1.55. The van der Waals surface area contributed by atoms with Gasteiger partial charge in [-0.15, -0.1) is 0 Å². The van der Waals surface area contributed by atoms with E-state index in [2.05, 4.69) is 41.8 Å². The van der Waals surface area contributed by atoms with Gasteiger partial charge in [-0.05, 0) is 44.7 Å². The molecule has 1 aromatic rings. The summed E-state index contributed by atoms with van der Waals surface area (Å²) in [6.07, 6.45) is 8.97. The van der Waals surface area contributed by atoms with Crippen LogP contribution in [0.15, 0.2) is 24.3 Å². The molecule has 1 aromatic carbocycles. The highest BCUT2D eigenvalue weighted by Crippen LogP contribution is 2.35. The van der Waals surface area contributed by atoms with Crippen molar-refractivity contribution in [2.24, 2.45) is 0 Å². The van der Waals surface area contributed by atoms with E-state index in [1.54, 1.807) is 0 Å². The Kier molecular flexibility index (Phi) is 5.14. The number of nitrogens with one attached hydrogen (secondary N) is 2. The number of anilines is 1. The highest BCUT2D eigenvalue weighted by Gasteiger charge is 2.44. The van der Waals surface area contributed by atoms with Crippen LogP contribution >= 0.6 is 0 Å². The van der Waals surface area contributed by atoms with E-state index in [0.29, 0.717) is 0 Å². The van der Waals surface area contributed by atoms with Gasteiger partial charge in [-0.25, -0.2) is 0 Å². The van der Waals surface area contributed by atoms with Crippen LogP contribution < -0.4 is 10.6 Å². The van der Waals surface area contributed by atoms with E-state index in [9.17, 15) is 9.90 Å². The zero-order valence-corrected chi connectivity index (χ0v) is 14.7. The van der Waals surface area contributed by atoms with Crippen molar-refractivity contribution >= 4 is 11.6 Å². The number of aryl methyl sites for hydroxylation is 1. The number of aliphatic hydroxyl groups is 1. The Morgan fingerprint density at radius 2 is 1.58 bits per heavy atom. The Morgan fingerprint density at radius 1 is 1.00 bits per heavy atom. The second-order valence-corrected chi connectivity index (χ2v) is 7.73. The lowest BCUT2D eigenvalue weighted by molar-refractivity contribution is -0.129. The molecule has 0 unspecified atom stereocenters. The van der Waals surface area contributed by atoms with Crippen LogP contribution in [0.3, 0.4) is 0 Å². The number of hydrogen-bond acceptors (Lipinski definition) is 3. The van der Waals surface area contributed by atoms with Crippen molar-refractivity contribution in [3.63, 3.8) is 0 Å². The predicted molar refractivity (Wildman–Crippen MR) is 97.0 cm³/mol. The maximum absolute atomic E-state index is 13.2. The molecule has 3 N–H and O–H groups in total. The Morgan fingerprint density at radius 3 is 2.17 bits per heavy atom. The SMILES string of the molecule is Cc1ccc(NC2(C(=O)NC3(CO)CCCC3)CCCCC2)cc1. The highest BCUT2D eigenvalue weighted by atomic mass is 16.3. The van der Waals surface area contributed by atoms with Crippen molar-refractivity contribution in [1.82, 2.24) is 5.32 Å². The number of rotatable bonds is 5. The van der Waals surface area contributed by atoms with Gasteiger partial charge in [0.2, 0.25) is 5.91 Å². The average Bonchev–Trinajstić information content (AvgIpc) is 3.07. The first kappa shape index (κ1) is 17.3. The van der Waals surface area contributed by atoms with E-state index < -0.39 is 11.1 Å². The van der Waals surface area contributed by atoms with Crippen molar-refractivity contribution in [2.45, 2.75) is 75.8 Å². The predicted octanol–water partition coefficient (Wildman–Crippen LogP) is 3.53. The van der Waals surface area contributed by atoms with Gasteiger partial charge in [0, 0.05) is 5.69 Å². The van der Waals surface area contributed by atoms with Crippen molar-refractivity contribution in [3.05, 3.63) is 29.8 Å². The summed E-state index contributed by atoms with van der Waals surface area (Å²) in [4.78, 5) is 13.2. The summed E-state index contributed by atoms with van der Waals surface area (Å²) in [6, 6.07) is 8.25. The number of benzene rings is 1. The molecule has 24 heavy (non-hydrogen) atoms. The normalized spacial score (nSPS) is 22.1. The molecule has 0 radical (unpaired) electrons. The fourth-order valence-electron chi connectivity index (χ4n) is 4.21. The molecule has 2 aliphatic carbocycles. The third kappa shape index (κ3) is 3.59. The van der Waals surface area contributed by atoms with E-state index in [1.807, 2.05) is 0 Å². The van der Waals surface area contributed by atoms with Gasteiger partial charge in [0.1, 0.15) is 5.54 Å². The summed E-state index contributed by atoms with van der Waals surface area (Å²) in [7, 11) is 0. The van der Waals surface area contributed by atoms with Crippen LogP contribution in [0.5, 0.6) is 0 Å². The van der Waals surface area contributed by atoms with Gasteiger partial charge in [-0.1, -0.05) is 49.8 Å². The Bertz CT molecular complexity index is 556. The number of carbonyl (C=O) groups is 1. The molecular formula is C20H30N2O2. The first-order valence-corrected chi connectivity index (χ1v) is 9.36. The first-order valence-electron chi connectivity index (χ1n) is 9.36. The quantitative estimate of drug-likeness (QED) is 0.774. The number of aliphatic hydroxyl groups excluding tert-OH is 1. The molecule has 3 rings (SSSR count). The standard InChI is InChI=1S/C20H30N2O2/c1-16-7-9-17(10-8-16)21-20(13-3-2-4-14-20)18(24)22-19(15-23)11-5-6-12-19/h7-10,21,23H,2-6,11-15H2,1H3,(H,22,24). The monoisotopic (exact) mass is 330 g/mol. The molecule has 0 heterocycles. The van der Waals surface area contributed by atoms with Crippen LogP contribution in [-0.4, -0.2) is 28.7 Å². The topological polar surface area (TPSA) is 61.4 Å². The van der Waals surface area contributed by atoms with Crippen LogP contribution in [0.1, 0.15) is 63.4 Å². The van der Waals surface area contributed by atoms with Gasteiger partial charge < -0.3 is 15.7 Å². The van der Waals surface area contributed by atoms with Gasteiger partial charge in [0.05, 0.1) is 12.1 Å². The fourth-order valence-corrected chi connectivity index (χ4v) is 4.21. The van der Waals surface area contributed by atoms with E-state index >= 15 is 0 Å². The minimum Gasteiger partial charge on any atom is -0.394 e. The number of carbonyl (C=O) groups excluding carboxylic acids is 1. The second kappa shape index (κ2) is 7.14. The van der Waals surface area contributed by atoms with Crippen molar-refractivity contribution < 1.29 is 9.90 Å². The zero-order chi connectivity index (χ0) is 17.0. The lowest BCUT2D eigenvalue weighted by Crippen LogP contribution is -2.60. The summed E-state index contributed by atoms with van der Waals surface area (Å²) < 4.78 is 0. The van der Waals surface area contributed by atoms with Gasteiger partial charge in [-0.2, -0.15) is 0 Å². The van der Waals surface area contributed by atoms with Crippen LogP contribution in [0, 0.1) is 6.92 Å². The molecule has 4 nitrogen and oxygen atoms in total. The minimum absolute atomic E-state index is 0.0410. The van der Waals surface area contributed by atoms with E-state index in [0.717, 1.165) is 57.1 Å². The van der Waals surface area contributed by atoms with Gasteiger partial charge in [0.15, 0.2) is 0 Å². The van der Waals surface area contributed by atoms with Crippen molar-refractivity contribution in [3.8, 4) is 0 Å². The minimum atomic E-state index is -0.543. The molecule has 1 amide bonds. The molecule has 132 valence electrons. The van der Waals surface area contributed by atoms with E-state index in [4.69, 9.17) is 0 Å². The maximum atomic E-state index is 13.2. The van der Waals surface area contributed by atoms with E-state index in [-0.39, 0.29) is 12.5 Å². The van der Waals surface area contributed by atoms with Crippen LogP contribution in [0.25, 0.3) is 0 Å². The van der Waals surface area contributed by atoms with Gasteiger partial charge >= 0.3 is 0 Å². The molecule has 4 heteroatoms. The third-order valence-corrected chi connectivity index (χ3v) is 5.82. The van der Waals surface area contributed by atoms with Crippen molar-refractivity contribution in [2.75, 3.05) is 11.9 Å². The molecule has 0 saturated heterocycles. The second-order valence-electron chi connectivity index (χ2n) is 7.73. The molecule has 2 aliphatic rings. The number of amides is 1. The lowest BCUT2D eigenvalue weighted by Gasteiger charge is -2.40. The molecule has 0 aromatic heterocycles. The van der Waals surface area contributed by atoms with E-state index in [1.165, 1.54) is 12.0 Å². The zero-order valence-electron chi connectivity index (χ0n) is 14.7. The fraction of sp³-hybridized carbons (Fsp3) is 0.650. The summed E-state index contributed by atoms with van der Waals surface area (Å²) in [5, 5.41) is 16.6. The molecule has 2 saturated carbocycles. The molecule has 2 fully saturated rings. The third-order valence-electron chi connectivity index (χ3n) is 5.82. The lowest BCUT2D eigenvalue weighted by atomic mass is 9.79. The van der Waals surface area contributed by atoms with Crippen LogP contribution in [0.4, 0.5) is 5.69 Å². The molecule has 0 aliphatic heterocycles. The molecular weight excluding hydrogens is 300 g/mol. The molecule has 0 bridgehead atoms. The Labute approximate surface area is 145 Å². The summed E-state index contributed by atoms with van der Waals surface area (Å²) in [6.45, 7) is 2.11. The number of hydrogen-bond donors (Lipinski definition) is 3. The van der Waals surface area contributed by atoms with Gasteiger partial charge in [-0.3, -0.25) is 4.79 Å². The summed E-state index contributed by atoms with van der Waals surface area (Å²) in [5.41, 5.74) is 1.27. The average molecular weight is 330 g/mol. The van der Waals surface area contributed by atoms with Crippen LogP contribution in [-0.2, 0) is 4.79 Å². The molecule has 0 atom stereocenters. The maximum Gasteiger partial charge on any atom is 0.246 e. The summed E-state index contributed by atoms with van der Waals surface area (Å²) in [5.74, 6) is 0.0683. The smallest absolute Gasteiger partial charge is 0.246 e. The highest BCUT2D eigenvalue weighted by molar-refractivity contribution is 5.90. The Balaban J connectivity index is 1.79.